The molecule has 3 aliphatic rings. The van der Waals surface area contributed by atoms with Crippen LogP contribution in [0.2, 0.25) is 0 Å². The summed E-state index contributed by atoms with van der Waals surface area (Å²) in [4.78, 5) is 33.2. The van der Waals surface area contributed by atoms with Gasteiger partial charge in [-0.05, 0) is 93.0 Å². The molecular formula is C34H48N4O4. The van der Waals surface area contributed by atoms with E-state index in [2.05, 4.69) is 17.9 Å². The molecule has 0 aromatic heterocycles. The maximum Gasteiger partial charge on any atom is 0.256 e. The van der Waals surface area contributed by atoms with E-state index in [1.54, 1.807) is 4.90 Å². The molecule has 2 fully saturated rings. The zero-order valence-corrected chi connectivity index (χ0v) is 25.4. The van der Waals surface area contributed by atoms with Crippen molar-refractivity contribution in [3.63, 3.8) is 0 Å². The summed E-state index contributed by atoms with van der Waals surface area (Å²) in [5.41, 5.74) is 10.5. The fourth-order valence-corrected chi connectivity index (χ4v) is 7.22. The molecule has 2 aromatic rings. The van der Waals surface area contributed by atoms with E-state index in [0.717, 1.165) is 62.1 Å². The number of piperidine rings is 1. The summed E-state index contributed by atoms with van der Waals surface area (Å²) in [6.07, 6.45) is 7.73. The van der Waals surface area contributed by atoms with Gasteiger partial charge in [0, 0.05) is 58.5 Å². The van der Waals surface area contributed by atoms with Crippen molar-refractivity contribution in [1.29, 1.82) is 0 Å². The lowest BCUT2D eigenvalue weighted by Crippen LogP contribution is -2.45. The third kappa shape index (κ3) is 6.66. The van der Waals surface area contributed by atoms with Gasteiger partial charge < -0.3 is 30.3 Å². The number of carbonyl (C=O) groups excluding carboxylic acids is 2. The molecule has 0 radical (unpaired) electrons. The molecule has 1 atom stereocenters. The maximum absolute atomic E-state index is 13.7. The topological polar surface area (TPSA) is 99.3 Å². The smallest absolute Gasteiger partial charge is 0.256 e. The number of likely N-dealkylation sites (N-methyl/N-ethyl adjacent to an activating group) is 1. The van der Waals surface area contributed by atoms with Crippen molar-refractivity contribution in [2.45, 2.75) is 77.0 Å². The van der Waals surface area contributed by atoms with Gasteiger partial charge in [-0.25, -0.2) is 0 Å². The number of anilines is 1. The van der Waals surface area contributed by atoms with Crippen molar-refractivity contribution in [2.75, 3.05) is 51.3 Å². The highest BCUT2D eigenvalue weighted by atomic mass is 16.5. The number of hydrogen-bond acceptors (Lipinski definition) is 6. The Kier molecular flexibility index (Phi) is 9.86. The predicted molar refractivity (Wildman–Crippen MR) is 166 cm³/mol. The second kappa shape index (κ2) is 13.6. The first kappa shape index (κ1) is 30.5. The van der Waals surface area contributed by atoms with Crippen LogP contribution < -0.4 is 10.6 Å². The second-order valence-electron chi connectivity index (χ2n) is 12.5. The third-order valence-corrected chi connectivity index (χ3v) is 10.1. The molecule has 0 bridgehead atoms. The van der Waals surface area contributed by atoms with Gasteiger partial charge in [0.2, 0.25) is 0 Å². The van der Waals surface area contributed by atoms with E-state index >= 15 is 0 Å². The van der Waals surface area contributed by atoms with Crippen molar-refractivity contribution >= 4 is 17.5 Å². The summed E-state index contributed by atoms with van der Waals surface area (Å²) >= 11 is 0. The average Bonchev–Trinajstić information content (AvgIpc) is 3.16. The number of carbonyl (C=O) groups is 2. The number of likely N-dealkylation sites (tertiary alicyclic amines) is 1. The molecule has 2 amide bonds. The number of aliphatic hydroxyl groups is 1. The van der Waals surface area contributed by atoms with Crippen LogP contribution in [0, 0.1) is 5.41 Å². The molecule has 0 unspecified atom stereocenters. The van der Waals surface area contributed by atoms with Crippen molar-refractivity contribution in [3.8, 4) is 0 Å². The van der Waals surface area contributed by atoms with E-state index in [1.165, 1.54) is 12.8 Å². The molecule has 2 heterocycles. The van der Waals surface area contributed by atoms with Crippen molar-refractivity contribution in [3.05, 3.63) is 64.7 Å². The molecule has 42 heavy (non-hydrogen) atoms. The van der Waals surface area contributed by atoms with E-state index in [0.29, 0.717) is 55.1 Å². The Morgan fingerprint density at radius 1 is 1.02 bits per heavy atom. The van der Waals surface area contributed by atoms with Crippen LogP contribution in [0.15, 0.2) is 42.5 Å². The average molecular weight is 577 g/mol. The minimum atomic E-state index is -0.635. The number of nitrogens with zero attached hydrogens (tertiary/aromatic N) is 3. The third-order valence-electron chi connectivity index (χ3n) is 10.1. The number of benzene rings is 2. The molecule has 228 valence electrons. The Labute approximate surface area is 250 Å². The highest BCUT2D eigenvalue weighted by Crippen LogP contribution is 2.45. The lowest BCUT2D eigenvalue weighted by atomic mass is 9.67. The standard InChI is InChI=1S/C34H48N4O4/c1-3-36-20-21-38(24-28(39)10-8-25-6-4-5-7-27(25)23-35)33(41)30-11-9-26(22-31(30)36)32(40)37-18-16-34(17-19-37)14-12-29(42-2)13-15-34/h4-7,9,11,22,28-29,39H,3,8,10,12-21,23-24,35H2,1-2H3/t28-/m0/s1. The first-order chi connectivity index (χ1) is 20.4. The summed E-state index contributed by atoms with van der Waals surface area (Å²) in [7, 11) is 1.81. The second-order valence-corrected chi connectivity index (χ2v) is 12.5. The lowest BCUT2D eigenvalue weighted by Gasteiger charge is -2.45. The number of methoxy groups -OCH3 is 1. The fraction of sp³-hybridized carbons (Fsp3) is 0.588. The Morgan fingerprint density at radius 2 is 1.71 bits per heavy atom. The van der Waals surface area contributed by atoms with Gasteiger partial charge in [0.25, 0.3) is 11.8 Å². The van der Waals surface area contributed by atoms with Crippen LogP contribution in [0.3, 0.4) is 0 Å². The molecule has 1 saturated heterocycles. The summed E-state index contributed by atoms with van der Waals surface area (Å²) in [5.74, 6) is -0.0380. The summed E-state index contributed by atoms with van der Waals surface area (Å²) < 4.78 is 5.57. The van der Waals surface area contributed by atoms with Crippen LogP contribution in [0.1, 0.15) is 83.7 Å². The van der Waals surface area contributed by atoms with Crippen LogP contribution in [-0.2, 0) is 17.7 Å². The maximum atomic E-state index is 13.7. The number of aryl methyl sites for hydroxylation is 1. The number of nitrogens with two attached hydrogens (primary N) is 1. The zero-order chi connectivity index (χ0) is 29.7. The number of β-amino-alcohol motifs (C(OH)–C–C–N with tert-alkyl or cyclic N) is 1. The number of hydrogen-bond donors (Lipinski definition) is 2. The molecule has 2 aliphatic heterocycles. The van der Waals surface area contributed by atoms with E-state index < -0.39 is 6.10 Å². The van der Waals surface area contributed by atoms with Gasteiger partial charge in [-0.2, -0.15) is 0 Å². The molecular weight excluding hydrogens is 528 g/mol. The number of fused-ring (bicyclic) bond motifs is 1. The largest absolute Gasteiger partial charge is 0.391 e. The van der Waals surface area contributed by atoms with Gasteiger partial charge in [-0.15, -0.1) is 0 Å². The molecule has 5 rings (SSSR count). The van der Waals surface area contributed by atoms with Crippen molar-refractivity contribution in [1.82, 2.24) is 9.80 Å². The SMILES string of the molecule is CCN1CCN(C[C@@H](O)CCc2ccccc2CN)C(=O)c2ccc(C(=O)N3CCC4(CCC(OC)CC4)CC3)cc21. The summed E-state index contributed by atoms with van der Waals surface area (Å²) in [6.45, 7) is 6.31. The molecule has 1 aliphatic carbocycles. The quantitative estimate of drug-likeness (QED) is 0.464. The minimum absolute atomic E-state index is 0.0519. The van der Waals surface area contributed by atoms with Gasteiger partial charge in [0.05, 0.1) is 23.5 Å². The molecule has 1 spiro atoms. The molecule has 1 saturated carbocycles. The monoisotopic (exact) mass is 576 g/mol. The van der Waals surface area contributed by atoms with Gasteiger partial charge in [0.15, 0.2) is 0 Å². The summed E-state index contributed by atoms with van der Waals surface area (Å²) in [6, 6.07) is 13.6. The van der Waals surface area contributed by atoms with E-state index in [1.807, 2.05) is 48.4 Å². The normalized spacial score (nSPS) is 20.0. The first-order valence-corrected chi connectivity index (χ1v) is 15.8. The van der Waals surface area contributed by atoms with E-state index in [4.69, 9.17) is 10.5 Å². The van der Waals surface area contributed by atoms with Gasteiger partial charge in [-0.3, -0.25) is 9.59 Å². The Hall–Kier alpha value is -2.94. The Bertz CT molecular complexity index is 1230. The van der Waals surface area contributed by atoms with Crippen LogP contribution in [0.25, 0.3) is 0 Å². The molecule has 8 nitrogen and oxygen atoms in total. The van der Waals surface area contributed by atoms with Crippen LogP contribution in [0.4, 0.5) is 5.69 Å². The van der Waals surface area contributed by atoms with Crippen molar-refractivity contribution in [2.24, 2.45) is 11.1 Å². The van der Waals surface area contributed by atoms with Crippen LogP contribution >= 0.6 is 0 Å². The lowest BCUT2D eigenvalue weighted by molar-refractivity contribution is -0.00129. The minimum Gasteiger partial charge on any atom is -0.391 e. The fourth-order valence-electron chi connectivity index (χ4n) is 7.22. The molecule has 3 N–H and O–H groups in total. The number of amides is 2. The Morgan fingerprint density at radius 3 is 2.38 bits per heavy atom. The molecule has 2 aromatic carbocycles. The number of aliphatic hydroxyl groups excluding tert-OH is 1. The predicted octanol–water partition coefficient (Wildman–Crippen LogP) is 4.23. The highest BCUT2D eigenvalue weighted by Gasteiger charge is 2.39. The van der Waals surface area contributed by atoms with E-state index in [9.17, 15) is 14.7 Å². The van der Waals surface area contributed by atoms with Crippen LogP contribution in [0.5, 0.6) is 0 Å². The van der Waals surface area contributed by atoms with Gasteiger partial charge in [-0.1, -0.05) is 24.3 Å². The van der Waals surface area contributed by atoms with Crippen LogP contribution in [-0.4, -0.2) is 85.3 Å². The van der Waals surface area contributed by atoms with Gasteiger partial charge in [0.1, 0.15) is 0 Å². The van der Waals surface area contributed by atoms with Crippen molar-refractivity contribution < 1.29 is 19.4 Å². The number of ether oxygens (including phenoxy) is 1. The Balaban J connectivity index is 1.23. The van der Waals surface area contributed by atoms with Gasteiger partial charge >= 0.3 is 0 Å². The first-order valence-electron chi connectivity index (χ1n) is 15.8. The van der Waals surface area contributed by atoms with E-state index in [-0.39, 0.29) is 18.4 Å². The molecule has 8 heteroatoms. The number of rotatable bonds is 9. The summed E-state index contributed by atoms with van der Waals surface area (Å²) in [5, 5.41) is 10.9. The highest BCUT2D eigenvalue weighted by molar-refractivity contribution is 6.03. The zero-order valence-electron chi connectivity index (χ0n) is 25.4.